The van der Waals surface area contributed by atoms with Gasteiger partial charge in [-0.05, 0) is 29.8 Å². The van der Waals surface area contributed by atoms with Crippen molar-refractivity contribution < 1.29 is 23.1 Å². The second kappa shape index (κ2) is 8.31. The molecule has 1 N–H and O–H groups in total. The normalized spacial score (nSPS) is 11.6. The van der Waals surface area contributed by atoms with Gasteiger partial charge >= 0.3 is 5.97 Å². The van der Waals surface area contributed by atoms with Crippen LogP contribution in [0, 0.1) is 5.82 Å². The van der Waals surface area contributed by atoms with Crippen molar-refractivity contribution >= 4 is 11.9 Å². The number of carbonyl (C=O) groups excluding carboxylic acids is 2. The van der Waals surface area contributed by atoms with Gasteiger partial charge in [0.05, 0.1) is 25.1 Å². The van der Waals surface area contributed by atoms with Gasteiger partial charge in [-0.3, -0.25) is 9.59 Å². The molecule has 0 radical (unpaired) electrons. The first-order valence-electron chi connectivity index (χ1n) is 8.36. The van der Waals surface area contributed by atoms with Crippen molar-refractivity contribution in [1.29, 1.82) is 0 Å². The Morgan fingerprint density at radius 2 is 1.74 bits per heavy atom. The molecular formula is C21H18FNO4. The molecule has 27 heavy (non-hydrogen) atoms. The maximum absolute atomic E-state index is 13.9. The van der Waals surface area contributed by atoms with Crippen LogP contribution in [-0.2, 0) is 9.53 Å². The van der Waals surface area contributed by atoms with Crippen LogP contribution in [0.1, 0.15) is 28.6 Å². The smallest absolute Gasteiger partial charge is 0.307 e. The second-order valence-corrected chi connectivity index (χ2v) is 5.86. The van der Waals surface area contributed by atoms with E-state index in [1.54, 1.807) is 30.3 Å². The number of esters is 1. The fourth-order valence-electron chi connectivity index (χ4n) is 2.68. The van der Waals surface area contributed by atoms with Gasteiger partial charge in [-0.25, -0.2) is 4.39 Å². The van der Waals surface area contributed by atoms with Crippen LogP contribution in [0.3, 0.4) is 0 Å². The van der Waals surface area contributed by atoms with Gasteiger partial charge in [0.15, 0.2) is 5.76 Å². The number of hydrogen-bond donors (Lipinski definition) is 1. The standard InChI is InChI=1S/C21H18FNO4/c1-26-20(24)13-17(14-7-3-2-4-8-14)23-21(25)19-12-11-18(27-19)15-9-5-6-10-16(15)22/h2-12,17H,13H2,1H3,(H,23,25). The number of hydrogen-bond acceptors (Lipinski definition) is 4. The van der Waals surface area contributed by atoms with Gasteiger partial charge in [-0.2, -0.15) is 0 Å². The summed E-state index contributed by atoms with van der Waals surface area (Å²) < 4.78 is 24.1. The van der Waals surface area contributed by atoms with Crippen molar-refractivity contribution in [3.63, 3.8) is 0 Å². The highest BCUT2D eigenvalue weighted by atomic mass is 19.1. The Labute approximate surface area is 155 Å². The summed E-state index contributed by atoms with van der Waals surface area (Å²) in [4.78, 5) is 24.3. The molecule has 0 fully saturated rings. The molecule has 3 aromatic rings. The minimum atomic E-state index is -0.576. The van der Waals surface area contributed by atoms with Crippen LogP contribution in [0.25, 0.3) is 11.3 Å². The molecule has 2 aromatic carbocycles. The maximum Gasteiger partial charge on any atom is 0.307 e. The van der Waals surface area contributed by atoms with Crippen LogP contribution >= 0.6 is 0 Å². The van der Waals surface area contributed by atoms with E-state index in [0.29, 0.717) is 0 Å². The van der Waals surface area contributed by atoms with E-state index in [9.17, 15) is 14.0 Å². The molecule has 0 aliphatic heterocycles. The van der Waals surface area contributed by atoms with Crippen LogP contribution in [0.2, 0.25) is 0 Å². The molecule has 3 rings (SSSR count). The summed E-state index contributed by atoms with van der Waals surface area (Å²) in [5.41, 5.74) is 1.03. The molecule has 5 nitrogen and oxygen atoms in total. The number of halogens is 1. The van der Waals surface area contributed by atoms with Crippen molar-refractivity contribution in [2.45, 2.75) is 12.5 Å². The summed E-state index contributed by atoms with van der Waals surface area (Å²) in [5, 5.41) is 2.77. The number of rotatable bonds is 6. The van der Waals surface area contributed by atoms with Crippen LogP contribution in [0.4, 0.5) is 4.39 Å². The van der Waals surface area contributed by atoms with Gasteiger partial charge in [0, 0.05) is 0 Å². The first-order valence-corrected chi connectivity index (χ1v) is 8.36. The highest BCUT2D eigenvalue weighted by Crippen LogP contribution is 2.25. The molecule has 0 bridgehead atoms. The lowest BCUT2D eigenvalue weighted by atomic mass is 10.0. The fraction of sp³-hybridized carbons (Fsp3) is 0.143. The lowest BCUT2D eigenvalue weighted by Gasteiger charge is -2.17. The number of amides is 1. The first kappa shape index (κ1) is 18.4. The van der Waals surface area contributed by atoms with E-state index in [1.165, 1.54) is 25.3 Å². The van der Waals surface area contributed by atoms with Gasteiger partial charge in [-0.15, -0.1) is 0 Å². The lowest BCUT2D eigenvalue weighted by Crippen LogP contribution is -2.30. The SMILES string of the molecule is COC(=O)CC(NC(=O)c1ccc(-c2ccccc2F)o1)c1ccccc1. The van der Waals surface area contributed by atoms with E-state index in [1.807, 2.05) is 18.2 Å². The zero-order valence-corrected chi connectivity index (χ0v) is 14.6. The molecule has 0 saturated heterocycles. The third-order valence-electron chi connectivity index (χ3n) is 4.07. The van der Waals surface area contributed by atoms with E-state index in [4.69, 9.17) is 9.15 Å². The third-order valence-corrected chi connectivity index (χ3v) is 4.07. The van der Waals surface area contributed by atoms with Gasteiger partial charge in [-0.1, -0.05) is 42.5 Å². The molecule has 1 aromatic heterocycles. The predicted molar refractivity (Wildman–Crippen MR) is 97.4 cm³/mol. The molecule has 6 heteroatoms. The van der Waals surface area contributed by atoms with Crippen LogP contribution < -0.4 is 5.32 Å². The molecular weight excluding hydrogens is 349 g/mol. The van der Waals surface area contributed by atoms with Crippen molar-refractivity contribution in [1.82, 2.24) is 5.32 Å². The van der Waals surface area contributed by atoms with E-state index in [0.717, 1.165) is 5.56 Å². The Bertz CT molecular complexity index is 936. The molecule has 0 spiro atoms. The quantitative estimate of drug-likeness (QED) is 0.666. The topological polar surface area (TPSA) is 68.5 Å². The molecule has 0 aliphatic carbocycles. The summed E-state index contributed by atoms with van der Waals surface area (Å²) in [5.74, 6) is -1.11. The largest absolute Gasteiger partial charge is 0.469 e. The van der Waals surface area contributed by atoms with E-state index in [-0.39, 0.29) is 23.5 Å². The Balaban J connectivity index is 1.80. The first-order chi connectivity index (χ1) is 13.1. The maximum atomic E-state index is 13.9. The molecule has 1 heterocycles. The van der Waals surface area contributed by atoms with E-state index < -0.39 is 23.7 Å². The number of ether oxygens (including phenoxy) is 1. The monoisotopic (exact) mass is 367 g/mol. The fourth-order valence-corrected chi connectivity index (χ4v) is 2.68. The predicted octanol–water partition coefficient (Wildman–Crippen LogP) is 4.12. The van der Waals surface area contributed by atoms with Gasteiger partial charge in [0.25, 0.3) is 5.91 Å². The van der Waals surface area contributed by atoms with Gasteiger partial charge < -0.3 is 14.5 Å². The number of nitrogens with one attached hydrogen (secondary N) is 1. The minimum Gasteiger partial charge on any atom is -0.469 e. The Morgan fingerprint density at radius 1 is 1.04 bits per heavy atom. The number of benzene rings is 2. The zero-order chi connectivity index (χ0) is 19.2. The van der Waals surface area contributed by atoms with Crippen molar-refractivity contribution in [2.75, 3.05) is 7.11 Å². The summed E-state index contributed by atoms with van der Waals surface area (Å²) in [6.07, 6.45) is -0.0207. The summed E-state index contributed by atoms with van der Waals surface area (Å²) >= 11 is 0. The van der Waals surface area contributed by atoms with Crippen LogP contribution in [0.5, 0.6) is 0 Å². The Kier molecular flexibility index (Phi) is 5.66. The molecule has 1 amide bonds. The average Bonchev–Trinajstić information content (AvgIpc) is 3.18. The lowest BCUT2D eigenvalue weighted by molar-refractivity contribution is -0.141. The number of methoxy groups -OCH3 is 1. The molecule has 1 atom stereocenters. The van der Waals surface area contributed by atoms with E-state index in [2.05, 4.69) is 5.32 Å². The van der Waals surface area contributed by atoms with Gasteiger partial charge in [0.2, 0.25) is 0 Å². The van der Waals surface area contributed by atoms with Gasteiger partial charge in [0.1, 0.15) is 11.6 Å². The molecule has 0 saturated carbocycles. The van der Waals surface area contributed by atoms with Crippen LogP contribution in [0.15, 0.2) is 71.1 Å². The Morgan fingerprint density at radius 3 is 2.44 bits per heavy atom. The minimum absolute atomic E-state index is 0.0207. The van der Waals surface area contributed by atoms with Crippen molar-refractivity contribution in [2.24, 2.45) is 0 Å². The number of carbonyl (C=O) groups is 2. The Hall–Kier alpha value is -3.41. The molecule has 0 aliphatic rings. The average molecular weight is 367 g/mol. The zero-order valence-electron chi connectivity index (χ0n) is 14.6. The van der Waals surface area contributed by atoms with Crippen molar-refractivity contribution in [3.8, 4) is 11.3 Å². The second-order valence-electron chi connectivity index (χ2n) is 5.86. The highest BCUT2D eigenvalue weighted by Gasteiger charge is 2.22. The third kappa shape index (κ3) is 4.41. The van der Waals surface area contributed by atoms with Crippen LogP contribution in [-0.4, -0.2) is 19.0 Å². The molecule has 1 unspecified atom stereocenters. The summed E-state index contributed by atoms with van der Waals surface area (Å²) in [6.45, 7) is 0. The van der Waals surface area contributed by atoms with E-state index >= 15 is 0 Å². The molecule has 138 valence electrons. The summed E-state index contributed by atoms with van der Waals surface area (Å²) in [6, 6.07) is 17.7. The highest BCUT2D eigenvalue weighted by molar-refractivity contribution is 5.92. The van der Waals surface area contributed by atoms with Crippen molar-refractivity contribution in [3.05, 3.63) is 83.9 Å². The summed E-state index contributed by atoms with van der Waals surface area (Å²) in [7, 11) is 1.29. The number of furan rings is 1.